The van der Waals surface area contributed by atoms with Gasteiger partial charge in [-0.3, -0.25) is 4.79 Å². The molecule has 23 heavy (non-hydrogen) atoms. The molecule has 1 amide bonds. The van der Waals surface area contributed by atoms with E-state index in [1.54, 1.807) is 22.8 Å². The van der Waals surface area contributed by atoms with Crippen LogP contribution >= 0.6 is 0 Å². The maximum atomic E-state index is 13.6. The van der Waals surface area contributed by atoms with Crippen LogP contribution in [0.3, 0.4) is 0 Å². The number of aromatic hydroxyl groups is 1. The standard InChI is InChI=1S/C17H14FN3O2/c1-2-21-14-10-6-4-8-12(14)15(17(21)23)19-20-16(22)11-7-3-5-9-13(11)18/h3-10,23H,2H2,1H3. The molecular weight excluding hydrogens is 297 g/mol. The number of amides is 1. The van der Waals surface area contributed by atoms with Gasteiger partial charge in [-0.1, -0.05) is 30.3 Å². The molecule has 2 aromatic carbocycles. The second-order valence-corrected chi connectivity index (χ2v) is 4.92. The first-order valence-electron chi connectivity index (χ1n) is 7.14. The van der Waals surface area contributed by atoms with E-state index in [2.05, 4.69) is 10.2 Å². The largest absolute Gasteiger partial charge is 0.493 e. The van der Waals surface area contributed by atoms with E-state index in [4.69, 9.17) is 0 Å². The summed E-state index contributed by atoms with van der Waals surface area (Å²) in [6, 6.07) is 12.8. The Kier molecular flexibility index (Phi) is 3.89. The topological polar surface area (TPSA) is 66.9 Å². The zero-order chi connectivity index (χ0) is 16.4. The number of halogens is 1. The van der Waals surface area contributed by atoms with E-state index >= 15 is 0 Å². The van der Waals surface area contributed by atoms with E-state index in [0.29, 0.717) is 11.9 Å². The van der Waals surface area contributed by atoms with Gasteiger partial charge in [-0.2, -0.15) is 0 Å². The van der Waals surface area contributed by atoms with Crippen LogP contribution in [0.25, 0.3) is 10.9 Å². The second-order valence-electron chi connectivity index (χ2n) is 4.92. The summed E-state index contributed by atoms with van der Waals surface area (Å²) >= 11 is 0. The highest BCUT2D eigenvalue weighted by Gasteiger charge is 2.16. The van der Waals surface area contributed by atoms with Gasteiger partial charge in [-0.05, 0) is 25.1 Å². The number of aryl methyl sites for hydroxylation is 1. The summed E-state index contributed by atoms with van der Waals surface area (Å²) in [5, 5.41) is 18.4. The first-order valence-corrected chi connectivity index (χ1v) is 7.14. The maximum Gasteiger partial charge on any atom is 0.298 e. The number of hydrogen-bond acceptors (Lipinski definition) is 3. The number of azo groups is 1. The van der Waals surface area contributed by atoms with E-state index in [1.165, 1.54) is 18.2 Å². The zero-order valence-corrected chi connectivity index (χ0v) is 12.4. The van der Waals surface area contributed by atoms with Crippen molar-refractivity contribution in [3.05, 3.63) is 59.9 Å². The molecule has 0 spiro atoms. The van der Waals surface area contributed by atoms with Gasteiger partial charge in [0.2, 0.25) is 5.88 Å². The average Bonchev–Trinajstić information content (AvgIpc) is 2.84. The molecule has 0 radical (unpaired) electrons. The van der Waals surface area contributed by atoms with Crippen LogP contribution < -0.4 is 0 Å². The van der Waals surface area contributed by atoms with E-state index in [0.717, 1.165) is 5.52 Å². The van der Waals surface area contributed by atoms with Crippen molar-refractivity contribution in [3.8, 4) is 5.88 Å². The minimum atomic E-state index is -0.796. The molecule has 1 aromatic heterocycles. The highest BCUT2D eigenvalue weighted by Crippen LogP contribution is 2.38. The van der Waals surface area contributed by atoms with Crippen molar-refractivity contribution in [1.82, 2.24) is 4.57 Å². The summed E-state index contributed by atoms with van der Waals surface area (Å²) in [5.74, 6) is -1.52. The fourth-order valence-electron chi connectivity index (χ4n) is 2.47. The van der Waals surface area contributed by atoms with Gasteiger partial charge < -0.3 is 9.67 Å². The zero-order valence-electron chi connectivity index (χ0n) is 12.4. The summed E-state index contributed by atoms with van der Waals surface area (Å²) in [7, 11) is 0. The van der Waals surface area contributed by atoms with Gasteiger partial charge in [0.05, 0.1) is 11.1 Å². The lowest BCUT2D eigenvalue weighted by Crippen LogP contribution is -1.97. The highest BCUT2D eigenvalue weighted by molar-refractivity contribution is 5.97. The first-order chi connectivity index (χ1) is 11.1. The highest BCUT2D eigenvalue weighted by atomic mass is 19.1. The third-order valence-electron chi connectivity index (χ3n) is 3.58. The molecule has 116 valence electrons. The monoisotopic (exact) mass is 311 g/mol. The molecule has 5 nitrogen and oxygen atoms in total. The number of benzene rings is 2. The Balaban J connectivity index is 2.03. The number of carbonyl (C=O) groups is 1. The molecule has 0 aliphatic carbocycles. The molecule has 0 aliphatic heterocycles. The Morgan fingerprint density at radius 2 is 1.87 bits per heavy atom. The first kappa shape index (κ1) is 14.9. The van der Waals surface area contributed by atoms with Gasteiger partial charge >= 0.3 is 0 Å². The van der Waals surface area contributed by atoms with Crippen LogP contribution in [0.2, 0.25) is 0 Å². The Morgan fingerprint density at radius 3 is 2.61 bits per heavy atom. The molecule has 6 heteroatoms. The van der Waals surface area contributed by atoms with Gasteiger partial charge in [-0.15, -0.1) is 10.2 Å². The summed E-state index contributed by atoms with van der Waals surface area (Å²) in [6.45, 7) is 2.43. The van der Waals surface area contributed by atoms with Gasteiger partial charge in [0.15, 0.2) is 5.69 Å². The van der Waals surface area contributed by atoms with Crippen molar-refractivity contribution < 1.29 is 14.3 Å². The second kappa shape index (κ2) is 6.00. The molecular formula is C17H14FN3O2. The number of rotatable bonds is 3. The van der Waals surface area contributed by atoms with Crippen molar-refractivity contribution in [2.45, 2.75) is 13.5 Å². The lowest BCUT2D eigenvalue weighted by molar-refractivity contribution is 0.0991. The summed E-state index contributed by atoms with van der Waals surface area (Å²) in [5.41, 5.74) is 0.835. The number of fused-ring (bicyclic) bond motifs is 1. The fourth-order valence-corrected chi connectivity index (χ4v) is 2.47. The molecule has 0 unspecified atom stereocenters. The predicted octanol–water partition coefficient (Wildman–Crippen LogP) is 4.43. The quantitative estimate of drug-likeness (QED) is 0.727. The number of hydrogen-bond donors (Lipinski definition) is 1. The van der Waals surface area contributed by atoms with E-state index in [9.17, 15) is 14.3 Å². The number of para-hydroxylation sites is 1. The van der Waals surface area contributed by atoms with Gasteiger partial charge in [0.25, 0.3) is 5.91 Å². The average molecular weight is 311 g/mol. The molecule has 0 bridgehead atoms. The third kappa shape index (κ3) is 2.59. The Bertz CT molecular complexity index is 915. The van der Waals surface area contributed by atoms with Crippen molar-refractivity contribution in [2.75, 3.05) is 0 Å². The lowest BCUT2D eigenvalue weighted by Gasteiger charge is -2.00. The van der Waals surface area contributed by atoms with Crippen LogP contribution in [0, 0.1) is 5.82 Å². The summed E-state index contributed by atoms with van der Waals surface area (Å²) in [4.78, 5) is 12.0. The van der Waals surface area contributed by atoms with Gasteiger partial charge in [0, 0.05) is 11.9 Å². The Hall–Kier alpha value is -3.02. The molecule has 1 heterocycles. The van der Waals surface area contributed by atoms with E-state index < -0.39 is 11.7 Å². The smallest absolute Gasteiger partial charge is 0.298 e. The van der Waals surface area contributed by atoms with E-state index in [-0.39, 0.29) is 17.1 Å². The van der Waals surface area contributed by atoms with Crippen molar-refractivity contribution in [2.24, 2.45) is 10.2 Å². The van der Waals surface area contributed by atoms with Crippen molar-refractivity contribution in [3.63, 3.8) is 0 Å². The van der Waals surface area contributed by atoms with Crippen LogP contribution in [0.5, 0.6) is 5.88 Å². The van der Waals surface area contributed by atoms with Crippen LogP contribution in [0.4, 0.5) is 10.1 Å². The lowest BCUT2D eigenvalue weighted by atomic mass is 10.2. The third-order valence-corrected chi connectivity index (χ3v) is 3.58. The Morgan fingerprint density at radius 1 is 1.17 bits per heavy atom. The predicted molar refractivity (Wildman–Crippen MR) is 84.5 cm³/mol. The molecule has 3 rings (SSSR count). The number of nitrogens with zero attached hydrogens (tertiary/aromatic N) is 3. The minimum absolute atomic E-state index is 0.0706. The van der Waals surface area contributed by atoms with Gasteiger partial charge in [0.1, 0.15) is 5.82 Å². The molecule has 0 fully saturated rings. The number of aromatic nitrogens is 1. The molecule has 0 atom stereocenters. The van der Waals surface area contributed by atoms with Crippen LogP contribution in [-0.4, -0.2) is 15.6 Å². The van der Waals surface area contributed by atoms with Crippen LogP contribution in [0.15, 0.2) is 58.8 Å². The van der Waals surface area contributed by atoms with Crippen LogP contribution in [0.1, 0.15) is 17.3 Å². The van der Waals surface area contributed by atoms with Crippen LogP contribution in [-0.2, 0) is 6.54 Å². The number of carbonyl (C=O) groups excluding carboxylic acids is 1. The minimum Gasteiger partial charge on any atom is -0.493 e. The molecule has 0 aliphatic rings. The SMILES string of the molecule is CCn1c(O)c(N=NC(=O)c2ccccc2F)c2ccccc21. The fraction of sp³-hybridized carbons (Fsp3) is 0.118. The van der Waals surface area contributed by atoms with Gasteiger partial charge in [-0.25, -0.2) is 4.39 Å². The van der Waals surface area contributed by atoms with Crippen molar-refractivity contribution >= 4 is 22.5 Å². The van der Waals surface area contributed by atoms with E-state index in [1.807, 2.05) is 19.1 Å². The Labute approximate surface area is 131 Å². The maximum absolute atomic E-state index is 13.6. The van der Waals surface area contributed by atoms with Crippen molar-refractivity contribution in [1.29, 1.82) is 0 Å². The summed E-state index contributed by atoms with van der Waals surface area (Å²) < 4.78 is 15.2. The molecule has 3 aromatic rings. The molecule has 0 saturated carbocycles. The molecule has 0 saturated heterocycles. The normalized spacial score (nSPS) is 11.4. The summed E-state index contributed by atoms with van der Waals surface area (Å²) in [6.07, 6.45) is 0. The molecule has 1 N–H and O–H groups in total.